The van der Waals surface area contributed by atoms with E-state index in [1.165, 1.54) is 25.8 Å². The second-order valence-electron chi connectivity index (χ2n) is 4.48. The van der Waals surface area contributed by atoms with Crippen molar-refractivity contribution in [1.29, 1.82) is 0 Å². The fraction of sp³-hybridized carbons (Fsp3) is 0.667. The zero-order valence-electron chi connectivity index (χ0n) is 9.89. The maximum absolute atomic E-state index is 4.05. The maximum Gasteiger partial charge on any atom is 0.0768 e. The molecule has 1 atom stereocenters. The van der Waals surface area contributed by atoms with Gasteiger partial charge in [-0.15, -0.1) is 0 Å². The molecular weight excluding hydrogens is 200 g/mol. The third-order valence-corrected chi connectivity index (χ3v) is 3.24. The SMILES string of the molecule is CN1CCCCC1CNCc1cccnn1. The molecule has 16 heavy (non-hydrogen) atoms. The van der Waals surface area contributed by atoms with Gasteiger partial charge in [0.2, 0.25) is 0 Å². The summed E-state index contributed by atoms with van der Waals surface area (Å²) in [5.41, 5.74) is 1.01. The molecule has 0 aliphatic carbocycles. The quantitative estimate of drug-likeness (QED) is 0.823. The average Bonchev–Trinajstić information content (AvgIpc) is 2.33. The number of rotatable bonds is 4. The van der Waals surface area contributed by atoms with E-state index in [2.05, 4.69) is 27.5 Å². The van der Waals surface area contributed by atoms with E-state index in [1.54, 1.807) is 6.20 Å². The zero-order chi connectivity index (χ0) is 11.2. The van der Waals surface area contributed by atoms with E-state index in [4.69, 9.17) is 0 Å². The van der Waals surface area contributed by atoms with Crippen LogP contribution in [0.1, 0.15) is 25.0 Å². The number of nitrogens with zero attached hydrogens (tertiary/aromatic N) is 3. The highest BCUT2D eigenvalue weighted by Gasteiger charge is 2.17. The predicted octanol–water partition coefficient (Wildman–Crippen LogP) is 1.05. The monoisotopic (exact) mass is 220 g/mol. The van der Waals surface area contributed by atoms with Crippen molar-refractivity contribution < 1.29 is 0 Å². The van der Waals surface area contributed by atoms with E-state index >= 15 is 0 Å². The molecule has 0 aromatic carbocycles. The van der Waals surface area contributed by atoms with Gasteiger partial charge in [0, 0.05) is 25.3 Å². The Balaban J connectivity index is 1.71. The summed E-state index contributed by atoms with van der Waals surface area (Å²) in [4.78, 5) is 2.45. The van der Waals surface area contributed by atoms with Crippen molar-refractivity contribution in [2.24, 2.45) is 0 Å². The number of hydrogen-bond donors (Lipinski definition) is 1. The molecule has 4 nitrogen and oxygen atoms in total. The van der Waals surface area contributed by atoms with Crippen LogP contribution >= 0.6 is 0 Å². The third kappa shape index (κ3) is 3.25. The Bertz CT molecular complexity index is 301. The van der Waals surface area contributed by atoms with Gasteiger partial charge in [-0.3, -0.25) is 0 Å². The Morgan fingerprint density at radius 2 is 2.44 bits per heavy atom. The molecule has 0 amide bonds. The van der Waals surface area contributed by atoms with Gasteiger partial charge in [0.1, 0.15) is 0 Å². The van der Waals surface area contributed by atoms with E-state index in [0.717, 1.165) is 18.8 Å². The van der Waals surface area contributed by atoms with Gasteiger partial charge in [0.15, 0.2) is 0 Å². The largest absolute Gasteiger partial charge is 0.310 e. The van der Waals surface area contributed by atoms with E-state index in [9.17, 15) is 0 Å². The second kappa shape index (κ2) is 5.92. The number of piperidine rings is 1. The molecule has 0 radical (unpaired) electrons. The van der Waals surface area contributed by atoms with Crippen LogP contribution in [0, 0.1) is 0 Å². The van der Waals surface area contributed by atoms with Crippen LogP contribution in [0.3, 0.4) is 0 Å². The Labute approximate surface area is 97.1 Å². The van der Waals surface area contributed by atoms with Crippen LogP contribution in [0.25, 0.3) is 0 Å². The minimum Gasteiger partial charge on any atom is -0.310 e. The highest BCUT2D eigenvalue weighted by molar-refractivity contribution is 4.98. The van der Waals surface area contributed by atoms with Gasteiger partial charge in [-0.2, -0.15) is 10.2 Å². The maximum atomic E-state index is 4.05. The van der Waals surface area contributed by atoms with Gasteiger partial charge >= 0.3 is 0 Å². The van der Waals surface area contributed by atoms with Crippen molar-refractivity contribution in [2.75, 3.05) is 20.1 Å². The van der Waals surface area contributed by atoms with Crippen molar-refractivity contribution >= 4 is 0 Å². The Morgan fingerprint density at radius 3 is 3.19 bits per heavy atom. The Morgan fingerprint density at radius 1 is 1.50 bits per heavy atom. The minimum atomic E-state index is 0.686. The molecule has 0 saturated carbocycles. The topological polar surface area (TPSA) is 41.0 Å². The Hall–Kier alpha value is -1.00. The third-order valence-electron chi connectivity index (χ3n) is 3.24. The molecule has 1 N–H and O–H groups in total. The number of likely N-dealkylation sites (tertiary alicyclic amines) is 1. The number of aromatic nitrogens is 2. The summed E-state index contributed by atoms with van der Waals surface area (Å²) in [5.74, 6) is 0. The van der Waals surface area contributed by atoms with Gasteiger partial charge in [-0.25, -0.2) is 0 Å². The summed E-state index contributed by atoms with van der Waals surface area (Å²) in [7, 11) is 2.22. The van der Waals surface area contributed by atoms with Gasteiger partial charge < -0.3 is 10.2 Å². The van der Waals surface area contributed by atoms with E-state index in [1.807, 2.05) is 12.1 Å². The molecule has 1 saturated heterocycles. The molecular formula is C12H20N4. The van der Waals surface area contributed by atoms with E-state index in [0.29, 0.717) is 6.04 Å². The van der Waals surface area contributed by atoms with Gasteiger partial charge in [-0.1, -0.05) is 6.42 Å². The van der Waals surface area contributed by atoms with E-state index < -0.39 is 0 Å². The first-order valence-electron chi connectivity index (χ1n) is 6.04. The summed E-state index contributed by atoms with van der Waals surface area (Å²) < 4.78 is 0. The Kier molecular flexibility index (Phi) is 4.25. The summed E-state index contributed by atoms with van der Waals surface area (Å²) >= 11 is 0. The standard InChI is InChI=1S/C12H20N4/c1-16-8-3-2-6-12(16)10-13-9-11-5-4-7-14-15-11/h4-5,7,12-13H,2-3,6,8-10H2,1H3. The highest BCUT2D eigenvalue weighted by Crippen LogP contribution is 2.13. The van der Waals surface area contributed by atoms with Crippen LogP contribution in [-0.2, 0) is 6.54 Å². The minimum absolute atomic E-state index is 0.686. The molecule has 1 unspecified atom stereocenters. The first kappa shape index (κ1) is 11.5. The predicted molar refractivity (Wildman–Crippen MR) is 64.0 cm³/mol. The molecule has 1 aromatic heterocycles. The molecule has 88 valence electrons. The molecule has 1 aliphatic heterocycles. The van der Waals surface area contributed by atoms with Crippen molar-refractivity contribution in [3.8, 4) is 0 Å². The summed E-state index contributed by atoms with van der Waals surface area (Å²) in [6.07, 6.45) is 5.72. The average molecular weight is 220 g/mol. The van der Waals surface area contributed by atoms with Crippen LogP contribution in [-0.4, -0.2) is 41.3 Å². The molecule has 2 rings (SSSR count). The fourth-order valence-corrected chi connectivity index (χ4v) is 2.20. The lowest BCUT2D eigenvalue weighted by Gasteiger charge is -2.32. The van der Waals surface area contributed by atoms with Crippen molar-refractivity contribution in [1.82, 2.24) is 20.4 Å². The smallest absolute Gasteiger partial charge is 0.0768 e. The zero-order valence-corrected chi connectivity index (χ0v) is 9.89. The summed E-state index contributed by atoms with van der Waals surface area (Å²) in [6, 6.07) is 4.62. The summed E-state index contributed by atoms with van der Waals surface area (Å²) in [5, 5.41) is 11.4. The highest BCUT2D eigenvalue weighted by atomic mass is 15.2. The normalized spacial score (nSPS) is 22.2. The van der Waals surface area contributed by atoms with Gasteiger partial charge in [0.05, 0.1) is 5.69 Å². The molecule has 0 spiro atoms. The first-order chi connectivity index (χ1) is 7.86. The van der Waals surface area contributed by atoms with Crippen LogP contribution in [0.4, 0.5) is 0 Å². The van der Waals surface area contributed by atoms with Gasteiger partial charge in [-0.05, 0) is 38.6 Å². The molecule has 4 heteroatoms. The molecule has 1 aliphatic rings. The lowest BCUT2D eigenvalue weighted by molar-refractivity contribution is 0.181. The van der Waals surface area contributed by atoms with Crippen molar-refractivity contribution in [3.05, 3.63) is 24.0 Å². The fourth-order valence-electron chi connectivity index (χ4n) is 2.20. The van der Waals surface area contributed by atoms with Crippen LogP contribution < -0.4 is 5.32 Å². The number of hydrogen-bond acceptors (Lipinski definition) is 4. The van der Waals surface area contributed by atoms with Gasteiger partial charge in [0.25, 0.3) is 0 Å². The van der Waals surface area contributed by atoms with Crippen LogP contribution in [0.2, 0.25) is 0 Å². The molecule has 1 aromatic rings. The lowest BCUT2D eigenvalue weighted by atomic mass is 10.0. The first-order valence-corrected chi connectivity index (χ1v) is 6.04. The lowest BCUT2D eigenvalue weighted by Crippen LogP contribution is -2.42. The molecule has 0 bridgehead atoms. The van der Waals surface area contributed by atoms with Crippen LogP contribution in [0.15, 0.2) is 18.3 Å². The number of likely N-dealkylation sites (N-methyl/N-ethyl adjacent to an activating group) is 1. The number of nitrogens with one attached hydrogen (secondary N) is 1. The van der Waals surface area contributed by atoms with Crippen molar-refractivity contribution in [2.45, 2.75) is 31.8 Å². The van der Waals surface area contributed by atoms with E-state index in [-0.39, 0.29) is 0 Å². The van der Waals surface area contributed by atoms with Crippen LogP contribution in [0.5, 0.6) is 0 Å². The molecule has 2 heterocycles. The summed E-state index contributed by atoms with van der Waals surface area (Å²) in [6.45, 7) is 3.10. The molecule has 1 fully saturated rings. The second-order valence-corrected chi connectivity index (χ2v) is 4.48. The van der Waals surface area contributed by atoms with Crippen molar-refractivity contribution in [3.63, 3.8) is 0 Å².